The number of carbonyl (C=O) groups is 2. The number of amides is 2. The maximum atomic E-state index is 13.9. The van der Waals surface area contributed by atoms with E-state index in [9.17, 15) is 9.59 Å². The Morgan fingerprint density at radius 3 is 2.53 bits per heavy atom. The molecular weight excluding hydrogens is 570 g/mol. The second kappa shape index (κ2) is 12.6. The Morgan fingerprint density at radius 1 is 0.978 bits per heavy atom. The third-order valence-electron chi connectivity index (χ3n) is 8.74. The summed E-state index contributed by atoms with van der Waals surface area (Å²) in [6.07, 6.45) is 3.43. The smallest absolute Gasteiger partial charge is 0.407 e. The highest BCUT2D eigenvalue weighted by Gasteiger charge is 2.38. The van der Waals surface area contributed by atoms with Crippen LogP contribution in [0, 0.1) is 0 Å². The number of benzene rings is 3. The van der Waals surface area contributed by atoms with Crippen molar-refractivity contribution in [2.45, 2.75) is 31.3 Å². The van der Waals surface area contributed by atoms with Gasteiger partial charge in [-0.3, -0.25) is 9.79 Å². The maximum absolute atomic E-state index is 13.9. The van der Waals surface area contributed by atoms with E-state index in [1.807, 2.05) is 47.4 Å². The first-order valence-corrected chi connectivity index (χ1v) is 15.4. The summed E-state index contributed by atoms with van der Waals surface area (Å²) in [5.74, 6) is 1.10. The van der Waals surface area contributed by atoms with Crippen LogP contribution in [0.25, 0.3) is 22.8 Å². The molecule has 0 aliphatic carbocycles. The molecule has 4 heterocycles. The van der Waals surface area contributed by atoms with Crippen LogP contribution in [0.5, 0.6) is 0 Å². The zero-order valence-corrected chi connectivity index (χ0v) is 25.1. The summed E-state index contributed by atoms with van der Waals surface area (Å²) in [7, 11) is 1.29. The van der Waals surface area contributed by atoms with Gasteiger partial charge in [-0.1, -0.05) is 30.3 Å². The molecule has 0 spiro atoms. The molecule has 0 radical (unpaired) electrons. The molecule has 2 saturated heterocycles. The largest absolute Gasteiger partial charge is 0.453 e. The van der Waals surface area contributed by atoms with Crippen LogP contribution in [0.2, 0.25) is 0 Å². The Morgan fingerprint density at radius 2 is 1.76 bits per heavy atom. The van der Waals surface area contributed by atoms with Crippen molar-refractivity contribution in [3.63, 3.8) is 0 Å². The van der Waals surface area contributed by atoms with E-state index >= 15 is 0 Å². The number of carbonyl (C=O) groups excluding carboxylic acids is 2. The standard InChI is InChI=1S/C35H35N5O5/c1-43-35(42)38-32(24-6-3-2-4-7-24)34(41)40-15-5-8-30(40)29-21-26-20-25(11-14-28(26)37-29)33-36-22-31(45-33)23-9-12-27(13-10-23)39-16-18-44-19-17-39/h2-4,6-7,9-14,20,22,30,32H,5,8,15-19,21H2,1H3,(H,38,42)/t30-,32+/m0/s1. The highest BCUT2D eigenvalue weighted by Crippen LogP contribution is 2.36. The van der Waals surface area contributed by atoms with Gasteiger partial charge < -0.3 is 29.0 Å². The molecule has 4 aromatic rings. The lowest BCUT2D eigenvalue weighted by atomic mass is 10.0. The van der Waals surface area contributed by atoms with Gasteiger partial charge in [0.25, 0.3) is 0 Å². The number of oxazole rings is 1. The summed E-state index contributed by atoms with van der Waals surface area (Å²) in [6, 6.07) is 22.7. The minimum atomic E-state index is -0.843. The number of methoxy groups -OCH3 is 1. The molecule has 10 nitrogen and oxygen atoms in total. The molecule has 2 fully saturated rings. The number of nitrogens with zero attached hydrogens (tertiary/aromatic N) is 4. The summed E-state index contributed by atoms with van der Waals surface area (Å²) in [6.45, 7) is 3.89. The number of aromatic nitrogens is 1. The van der Waals surface area contributed by atoms with Gasteiger partial charge in [-0.25, -0.2) is 9.78 Å². The zero-order chi connectivity index (χ0) is 30.8. The first-order valence-electron chi connectivity index (χ1n) is 15.4. The van der Waals surface area contributed by atoms with Crippen molar-refractivity contribution in [2.24, 2.45) is 4.99 Å². The van der Waals surface area contributed by atoms with E-state index in [0.717, 1.165) is 67.2 Å². The molecule has 1 aromatic heterocycles. The number of ether oxygens (including phenoxy) is 2. The van der Waals surface area contributed by atoms with Crippen LogP contribution < -0.4 is 10.2 Å². The summed E-state index contributed by atoms with van der Waals surface area (Å²) in [4.78, 5) is 39.7. The average Bonchev–Trinajstić information content (AvgIpc) is 3.87. The molecule has 0 unspecified atom stereocenters. The van der Waals surface area contributed by atoms with Gasteiger partial charge in [0.1, 0.15) is 6.04 Å². The van der Waals surface area contributed by atoms with Gasteiger partial charge in [0.05, 0.1) is 38.2 Å². The van der Waals surface area contributed by atoms with Crippen LogP contribution >= 0.6 is 0 Å². The van der Waals surface area contributed by atoms with Gasteiger partial charge in [0, 0.05) is 48.6 Å². The molecule has 2 atom stereocenters. The minimum absolute atomic E-state index is 0.146. The number of hydrogen-bond donors (Lipinski definition) is 1. The number of alkyl carbamates (subject to hydrolysis) is 1. The van der Waals surface area contributed by atoms with Crippen LogP contribution in [-0.4, -0.2) is 73.6 Å². The van der Waals surface area contributed by atoms with Gasteiger partial charge in [-0.15, -0.1) is 0 Å². The average molecular weight is 606 g/mol. The molecule has 3 aliphatic rings. The van der Waals surface area contributed by atoms with Crippen molar-refractivity contribution < 1.29 is 23.5 Å². The van der Waals surface area contributed by atoms with Crippen molar-refractivity contribution in [2.75, 3.05) is 44.9 Å². The number of nitrogens with one attached hydrogen (secondary N) is 1. The van der Waals surface area contributed by atoms with Gasteiger partial charge in [-0.2, -0.15) is 0 Å². The molecule has 0 bridgehead atoms. The number of likely N-dealkylation sites (tertiary alicyclic amines) is 1. The number of morpholine rings is 1. The predicted molar refractivity (Wildman–Crippen MR) is 171 cm³/mol. The quantitative estimate of drug-likeness (QED) is 0.294. The molecule has 10 heteroatoms. The number of anilines is 1. The Labute approximate surface area is 261 Å². The fraction of sp³-hybridized carbons (Fsp3) is 0.314. The molecule has 0 saturated carbocycles. The molecule has 230 valence electrons. The Bertz CT molecular complexity index is 1710. The lowest BCUT2D eigenvalue weighted by Crippen LogP contribution is -2.47. The van der Waals surface area contributed by atoms with Gasteiger partial charge >= 0.3 is 6.09 Å². The number of hydrogen-bond acceptors (Lipinski definition) is 8. The number of rotatable bonds is 7. The summed E-state index contributed by atoms with van der Waals surface area (Å²) in [5, 5.41) is 2.73. The molecule has 45 heavy (non-hydrogen) atoms. The molecule has 2 amide bonds. The van der Waals surface area contributed by atoms with Crippen LogP contribution in [0.4, 0.5) is 16.2 Å². The van der Waals surface area contributed by atoms with Gasteiger partial charge in [0.2, 0.25) is 11.8 Å². The molecule has 1 N–H and O–H groups in total. The molecule has 3 aromatic carbocycles. The summed E-state index contributed by atoms with van der Waals surface area (Å²) >= 11 is 0. The van der Waals surface area contributed by atoms with E-state index in [2.05, 4.69) is 45.5 Å². The van der Waals surface area contributed by atoms with Crippen molar-refractivity contribution in [1.82, 2.24) is 15.2 Å². The first kappa shape index (κ1) is 28.8. The number of aliphatic imine (C=N–C) groups is 1. The fourth-order valence-corrected chi connectivity index (χ4v) is 6.40. The Hall–Kier alpha value is -4.96. The summed E-state index contributed by atoms with van der Waals surface area (Å²) in [5.41, 5.74) is 6.65. The van der Waals surface area contributed by atoms with Crippen LogP contribution in [0.3, 0.4) is 0 Å². The summed E-state index contributed by atoms with van der Waals surface area (Å²) < 4.78 is 16.5. The lowest BCUT2D eigenvalue weighted by molar-refractivity contribution is -0.133. The van der Waals surface area contributed by atoms with E-state index in [4.69, 9.17) is 18.9 Å². The zero-order valence-electron chi connectivity index (χ0n) is 25.1. The van der Waals surface area contributed by atoms with E-state index in [1.54, 1.807) is 6.20 Å². The Balaban J connectivity index is 1.05. The molecule has 3 aliphatic heterocycles. The lowest BCUT2D eigenvalue weighted by Gasteiger charge is -2.29. The predicted octanol–water partition coefficient (Wildman–Crippen LogP) is 5.56. The fourth-order valence-electron chi connectivity index (χ4n) is 6.40. The van der Waals surface area contributed by atoms with Crippen molar-refractivity contribution in [1.29, 1.82) is 0 Å². The normalized spacial score (nSPS) is 18.3. The second-order valence-electron chi connectivity index (χ2n) is 11.5. The topological polar surface area (TPSA) is 110 Å². The molecule has 7 rings (SSSR count). The third kappa shape index (κ3) is 5.93. The van der Waals surface area contributed by atoms with E-state index in [-0.39, 0.29) is 11.9 Å². The minimum Gasteiger partial charge on any atom is -0.453 e. The second-order valence-corrected chi connectivity index (χ2v) is 11.5. The number of fused-ring (bicyclic) bond motifs is 1. The van der Waals surface area contributed by atoms with E-state index < -0.39 is 12.1 Å². The van der Waals surface area contributed by atoms with E-state index in [1.165, 1.54) is 12.8 Å². The highest BCUT2D eigenvalue weighted by atomic mass is 16.5. The Kier molecular flexibility index (Phi) is 8.04. The van der Waals surface area contributed by atoms with Gasteiger partial charge in [-0.05, 0) is 66.4 Å². The van der Waals surface area contributed by atoms with Gasteiger partial charge in [0.15, 0.2) is 5.76 Å². The van der Waals surface area contributed by atoms with Crippen molar-refractivity contribution >= 4 is 29.1 Å². The van der Waals surface area contributed by atoms with Crippen molar-refractivity contribution in [3.05, 3.63) is 90.1 Å². The third-order valence-corrected chi connectivity index (χ3v) is 8.74. The monoisotopic (exact) mass is 605 g/mol. The molecular formula is C35H35N5O5. The SMILES string of the molecule is COC(=O)N[C@@H](C(=O)N1CCC[C@H]1C1=Nc2ccc(-c3ncc(-c4ccc(N5CCOCC5)cc4)o3)cc2C1)c1ccccc1. The van der Waals surface area contributed by atoms with Crippen LogP contribution in [0.15, 0.2) is 88.4 Å². The van der Waals surface area contributed by atoms with E-state index in [0.29, 0.717) is 30.2 Å². The van der Waals surface area contributed by atoms with Crippen LogP contribution in [-0.2, 0) is 20.7 Å². The highest BCUT2D eigenvalue weighted by molar-refractivity contribution is 6.01. The first-order chi connectivity index (χ1) is 22.1. The van der Waals surface area contributed by atoms with Crippen molar-refractivity contribution in [3.8, 4) is 22.8 Å². The van der Waals surface area contributed by atoms with Crippen LogP contribution in [0.1, 0.15) is 30.0 Å². The maximum Gasteiger partial charge on any atom is 0.407 e.